The van der Waals surface area contributed by atoms with Crippen molar-refractivity contribution in [3.8, 4) is 11.1 Å². The molecule has 0 spiro atoms. The first-order valence-electron chi connectivity index (χ1n) is 7.79. The molecule has 2 heterocycles. The van der Waals surface area contributed by atoms with Crippen LogP contribution in [-0.2, 0) is 9.53 Å². The highest BCUT2D eigenvalue weighted by molar-refractivity contribution is 5.96. The second-order valence-corrected chi connectivity index (χ2v) is 5.61. The second kappa shape index (κ2) is 6.69. The maximum atomic E-state index is 12.3. The first kappa shape index (κ1) is 15.3. The number of likely N-dealkylation sites (tertiary alicyclic amines) is 1. The number of carbonyl (C=O) groups is 2. The van der Waals surface area contributed by atoms with E-state index in [2.05, 4.69) is 0 Å². The predicted octanol–water partition coefficient (Wildman–Crippen LogP) is 3.11. The Morgan fingerprint density at radius 2 is 1.83 bits per heavy atom. The van der Waals surface area contributed by atoms with E-state index in [4.69, 9.17) is 9.15 Å². The number of esters is 1. The van der Waals surface area contributed by atoms with Crippen LogP contribution in [0.5, 0.6) is 0 Å². The van der Waals surface area contributed by atoms with E-state index < -0.39 is 12.1 Å². The van der Waals surface area contributed by atoms with E-state index in [-0.39, 0.29) is 11.7 Å². The molecule has 0 bridgehead atoms. The van der Waals surface area contributed by atoms with Crippen molar-refractivity contribution >= 4 is 11.9 Å². The predicted molar refractivity (Wildman–Crippen MR) is 84.8 cm³/mol. The molecule has 0 aliphatic carbocycles. The van der Waals surface area contributed by atoms with Gasteiger partial charge in [-0.25, -0.2) is 4.79 Å². The summed E-state index contributed by atoms with van der Waals surface area (Å²) in [6, 6.07) is 11.2. The Balaban J connectivity index is 1.72. The van der Waals surface area contributed by atoms with Crippen molar-refractivity contribution in [3.05, 3.63) is 48.4 Å². The van der Waals surface area contributed by atoms with Crippen LogP contribution in [0.15, 0.2) is 47.1 Å². The van der Waals surface area contributed by atoms with Crippen LogP contribution in [0.4, 0.5) is 0 Å². The molecule has 5 nitrogen and oxygen atoms in total. The molecule has 5 heteroatoms. The van der Waals surface area contributed by atoms with Crippen molar-refractivity contribution < 1.29 is 18.7 Å². The van der Waals surface area contributed by atoms with Crippen molar-refractivity contribution in [3.63, 3.8) is 0 Å². The Kier molecular flexibility index (Phi) is 4.46. The SMILES string of the molecule is CC(OC(=O)c1occc1-c1ccccc1)C(=O)N1CCCC1. The van der Waals surface area contributed by atoms with Gasteiger partial charge in [-0.2, -0.15) is 0 Å². The van der Waals surface area contributed by atoms with Gasteiger partial charge in [0.15, 0.2) is 6.10 Å². The average Bonchev–Trinajstić information content (AvgIpc) is 3.26. The van der Waals surface area contributed by atoms with Gasteiger partial charge in [0.1, 0.15) is 0 Å². The van der Waals surface area contributed by atoms with E-state index in [1.54, 1.807) is 17.9 Å². The zero-order chi connectivity index (χ0) is 16.2. The lowest BCUT2D eigenvalue weighted by atomic mass is 10.1. The van der Waals surface area contributed by atoms with Crippen molar-refractivity contribution in [2.45, 2.75) is 25.9 Å². The highest BCUT2D eigenvalue weighted by Crippen LogP contribution is 2.25. The fraction of sp³-hybridized carbons (Fsp3) is 0.333. The van der Waals surface area contributed by atoms with Gasteiger partial charge in [0.2, 0.25) is 5.76 Å². The maximum absolute atomic E-state index is 12.3. The van der Waals surface area contributed by atoms with Gasteiger partial charge in [0, 0.05) is 18.7 Å². The fourth-order valence-electron chi connectivity index (χ4n) is 2.77. The van der Waals surface area contributed by atoms with Crippen LogP contribution >= 0.6 is 0 Å². The number of amides is 1. The van der Waals surface area contributed by atoms with Crippen molar-refractivity contribution in [2.24, 2.45) is 0 Å². The second-order valence-electron chi connectivity index (χ2n) is 5.61. The van der Waals surface area contributed by atoms with E-state index >= 15 is 0 Å². The van der Waals surface area contributed by atoms with Crippen LogP contribution in [0.2, 0.25) is 0 Å². The molecule has 1 aliphatic rings. The molecule has 0 saturated carbocycles. The van der Waals surface area contributed by atoms with Gasteiger partial charge in [-0.15, -0.1) is 0 Å². The summed E-state index contributed by atoms with van der Waals surface area (Å²) in [5.41, 5.74) is 1.53. The quantitative estimate of drug-likeness (QED) is 0.814. The molecule has 120 valence electrons. The molecule has 2 aromatic rings. The molecule has 1 aromatic carbocycles. The van der Waals surface area contributed by atoms with Gasteiger partial charge >= 0.3 is 5.97 Å². The van der Waals surface area contributed by atoms with E-state index in [1.165, 1.54) is 6.26 Å². The number of furan rings is 1. The van der Waals surface area contributed by atoms with Crippen molar-refractivity contribution in [1.29, 1.82) is 0 Å². The average molecular weight is 313 g/mol. The Morgan fingerprint density at radius 3 is 2.52 bits per heavy atom. The Labute approximate surface area is 134 Å². The van der Waals surface area contributed by atoms with E-state index in [0.29, 0.717) is 5.56 Å². The minimum atomic E-state index is -0.811. The third-order valence-electron chi connectivity index (χ3n) is 3.98. The van der Waals surface area contributed by atoms with E-state index in [0.717, 1.165) is 31.5 Å². The van der Waals surface area contributed by atoms with Crippen LogP contribution in [0, 0.1) is 0 Å². The molecule has 1 aromatic heterocycles. The number of rotatable bonds is 4. The number of nitrogens with zero attached hydrogens (tertiary/aromatic N) is 1. The number of ether oxygens (including phenoxy) is 1. The van der Waals surface area contributed by atoms with Crippen LogP contribution < -0.4 is 0 Å². The maximum Gasteiger partial charge on any atom is 0.375 e. The summed E-state index contributed by atoms with van der Waals surface area (Å²) in [5.74, 6) is -0.644. The van der Waals surface area contributed by atoms with Gasteiger partial charge in [-0.1, -0.05) is 30.3 Å². The molecule has 0 radical (unpaired) electrons. The Bertz CT molecular complexity index is 686. The van der Waals surface area contributed by atoms with Crippen LogP contribution in [0.1, 0.15) is 30.3 Å². The molecule has 1 aliphatic heterocycles. The number of hydrogen-bond donors (Lipinski definition) is 0. The third-order valence-corrected chi connectivity index (χ3v) is 3.98. The van der Waals surface area contributed by atoms with Crippen LogP contribution in [0.25, 0.3) is 11.1 Å². The normalized spacial score (nSPS) is 15.4. The molecular formula is C18H19NO4. The molecule has 1 unspecified atom stereocenters. The highest BCUT2D eigenvalue weighted by Gasteiger charge is 2.28. The monoisotopic (exact) mass is 313 g/mol. The summed E-state index contributed by atoms with van der Waals surface area (Å²) >= 11 is 0. The summed E-state index contributed by atoms with van der Waals surface area (Å²) < 4.78 is 10.6. The molecular weight excluding hydrogens is 294 g/mol. The van der Waals surface area contributed by atoms with Crippen LogP contribution in [-0.4, -0.2) is 36.0 Å². The summed E-state index contributed by atoms with van der Waals surface area (Å²) in [6.45, 7) is 3.07. The number of carbonyl (C=O) groups excluding carboxylic acids is 2. The standard InChI is InChI=1S/C18H19NO4/c1-13(17(20)19-10-5-6-11-19)23-18(21)16-15(9-12-22-16)14-7-3-2-4-8-14/h2-4,7-9,12-13H,5-6,10-11H2,1H3. The van der Waals surface area contributed by atoms with Gasteiger partial charge < -0.3 is 14.1 Å². The molecule has 3 rings (SSSR count). The lowest BCUT2D eigenvalue weighted by Crippen LogP contribution is -2.38. The van der Waals surface area contributed by atoms with Gasteiger partial charge in [0.25, 0.3) is 5.91 Å². The Morgan fingerprint density at radius 1 is 1.13 bits per heavy atom. The smallest absolute Gasteiger partial charge is 0.375 e. The lowest BCUT2D eigenvalue weighted by Gasteiger charge is -2.20. The molecule has 1 saturated heterocycles. The molecule has 1 fully saturated rings. The van der Waals surface area contributed by atoms with Crippen LogP contribution in [0.3, 0.4) is 0 Å². The van der Waals surface area contributed by atoms with E-state index in [9.17, 15) is 9.59 Å². The molecule has 23 heavy (non-hydrogen) atoms. The number of benzene rings is 1. The lowest BCUT2D eigenvalue weighted by molar-refractivity contribution is -0.138. The van der Waals surface area contributed by atoms with E-state index in [1.807, 2.05) is 30.3 Å². The fourth-order valence-corrected chi connectivity index (χ4v) is 2.77. The first-order chi connectivity index (χ1) is 11.2. The molecule has 1 atom stereocenters. The Hall–Kier alpha value is -2.56. The zero-order valence-corrected chi connectivity index (χ0v) is 13.0. The minimum absolute atomic E-state index is 0.122. The summed E-state index contributed by atoms with van der Waals surface area (Å²) in [5, 5.41) is 0. The first-order valence-corrected chi connectivity index (χ1v) is 7.79. The summed E-state index contributed by atoms with van der Waals surface area (Å²) in [7, 11) is 0. The summed E-state index contributed by atoms with van der Waals surface area (Å²) in [4.78, 5) is 26.3. The van der Waals surface area contributed by atoms with Crippen molar-refractivity contribution in [1.82, 2.24) is 4.90 Å². The minimum Gasteiger partial charge on any atom is -0.457 e. The largest absolute Gasteiger partial charge is 0.457 e. The van der Waals surface area contributed by atoms with Crippen molar-refractivity contribution in [2.75, 3.05) is 13.1 Å². The van der Waals surface area contributed by atoms with Gasteiger partial charge in [-0.05, 0) is 31.4 Å². The summed E-state index contributed by atoms with van der Waals surface area (Å²) in [6.07, 6.45) is 2.64. The zero-order valence-electron chi connectivity index (χ0n) is 13.0. The van der Waals surface area contributed by atoms with Gasteiger partial charge in [-0.3, -0.25) is 4.79 Å². The number of hydrogen-bond acceptors (Lipinski definition) is 4. The molecule has 0 N–H and O–H groups in total. The third kappa shape index (κ3) is 3.28. The van der Waals surface area contributed by atoms with Gasteiger partial charge in [0.05, 0.1) is 6.26 Å². The topological polar surface area (TPSA) is 59.8 Å². The molecule has 1 amide bonds. The highest BCUT2D eigenvalue weighted by atomic mass is 16.6.